The summed E-state index contributed by atoms with van der Waals surface area (Å²) in [6, 6.07) is 55.3. The van der Waals surface area contributed by atoms with E-state index in [1.165, 1.54) is 64.7 Å². The molecule has 0 radical (unpaired) electrons. The Balaban J connectivity index is 1.09. The number of aryl methyl sites for hydroxylation is 1. The summed E-state index contributed by atoms with van der Waals surface area (Å²) >= 11 is 1.94. The standard InChI is InChI=1S/C52H36N2OS/c1-2-13-34(14-3-1)53-45-21-9-6-17-39(45)40-28-26-35(32-48(40)53)54(47-22-12-20-44-41-18-7-10-23-49(41)55-52(44)47)46-30-29-36(37-15-4-5-16-38(37)46)33-25-27-43-42-19-8-11-24-50(42)56-51(43)31-33/h1-5,7-16,18-30,32-33H,6,17,31H2. The van der Waals surface area contributed by atoms with Crippen LogP contribution in [0.1, 0.15) is 39.6 Å². The molecule has 0 bridgehead atoms. The van der Waals surface area contributed by atoms with E-state index in [1.54, 1.807) is 0 Å². The van der Waals surface area contributed by atoms with Gasteiger partial charge in [0.05, 0.1) is 16.9 Å². The topological polar surface area (TPSA) is 21.3 Å². The summed E-state index contributed by atoms with van der Waals surface area (Å²) in [7, 11) is 0. The first kappa shape index (κ1) is 31.7. The van der Waals surface area contributed by atoms with Crippen LogP contribution in [0.4, 0.5) is 17.1 Å². The van der Waals surface area contributed by atoms with E-state index in [9.17, 15) is 0 Å². The number of hydrogen-bond acceptors (Lipinski definition) is 3. The molecule has 3 heterocycles. The van der Waals surface area contributed by atoms with Crippen molar-refractivity contribution in [2.24, 2.45) is 0 Å². The molecule has 56 heavy (non-hydrogen) atoms. The number of benzene rings is 7. The van der Waals surface area contributed by atoms with Gasteiger partial charge in [0, 0.05) is 54.1 Å². The third-order valence-electron chi connectivity index (χ3n) is 12.0. The van der Waals surface area contributed by atoms with Gasteiger partial charge >= 0.3 is 0 Å². The van der Waals surface area contributed by atoms with Crippen molar-refractivity contribution in [1.29, 1.82) is 0 Å². The molecule has 7 aromatic carbocycles. The van der Waals surface area contributed by atoms with Crippen molar-refractivity contribution in [3.8, 4) is 5.69 Å². The van der Waals surface area contributed by atoms with Crippen LogP contribution in [0.5, 0.6) is 0 Å². The third-order valence-corrected chi connectivity index (χ3v) is 13.2. The Morgan fingerprint density at radius 2 is 1.41 bits per heavy atom. The minimum Gasteiger partial charge on any atom is -0.454 e. The number of furan rings is 1. The zero-order valence-electron chi connectivity index (χ0n) is 30.7. The number of rotatable bonds is 5. The summed E-state index contributed by atoms with van der Waals surface area (Å²) in [5, 5.41) is 7.41. The second kappa shape index (κ2) is 12.5. The van der Waals surface area contributed by atoms with Crippen molar-refractivity contribution in [3.63, 3.8) is 0 Å². The summed E-state index contributed by atoms with van der Waals surface area (Å²) in [6.07, 6.45) is 12.5. The van der Waals surface area contributed by atoms with Crippen LogP contribution >= 0.6 is 11.3 Å². The zero-order valence-corrected chi connectivity index (χ0v) is 31.5. The molecule has 0 aliphatic heterocycles. The van der Waals surface area contributed by atoms with E-state index in [2.05, 4.69) is 185 Å². The van der Waals surface area contributed by atoms with Crippen LogP contribution < -0.4 is 4.90 Å². The van der Waals surface area contributed by atoms with E-state index in [0.29, 0.717) is 0 Å². The van der Waals surface area contributed by atoms with Crippen molar-refractivity contribution < 1.29 is 4.42 Å². The van der Waals surface area contributed by atoms with Crippen molar-refractivity contribution in [2.75, 3.05) is 4.90 Å². The van der Waals surface area contributed by atoms with Gasteiger partial charge < -0.3 is 13.9 Å². The van der Waals surface area contributed by atoms with Gasteiger partial charge in [0.2, 0.25) is 0 Å². The Kier molecular flexibility index (Phi) is 7.05. The van der Waals surface area contributed by atoms with Crippen LogP contribution in [-0.4, -0.2) is 4.57 Å². The van der Waals surface area contributed by atoms with Gasteiger partial charge in [-0.15, -0.1) is 11.3 Å². The van der Waals surface area contributed by atoms with E-state index in [1.807, 2.05) is 11.3 Å². The van der Waals surface area contributed by atoms with Gasteiger partial charge in [-0.1, -0.05) is 121 Å². The highest BCUT2D eigenvalue weighted by Gasteiger charge is 2.27. The summed E-state index contributed by atoms with van der Waals surface area (Å²) in [5.41, 5.74) is 12.8. The maximum atomic E-state index is 6.78. The fourth-order valence-corrected chi connectivity index (χ4v) is 10.8. The summed E-state index contributed by atoms with van der Waals surface area (Å²) in [5.74, 6) is 0.284. The molecule has 0 fully saturated rings. The minimum atomic E-state index is 0.284. The van der Waals surface area contributed by atoms with Gasteiger partial charge in [0.1, 0.15) is 5.58 Å². The van der Waals surface area contributed by atoms with Crippen molar-refractivity contribution in [1.82, 2.24) is 4.57 Å². The fraction of sp³-hybridized carbons (Fsp3) is 0.0769. The molecule has 0 spiro atoms. The Labute approximate surface area is 328 Å². The van der Waals surface area contributed by atoms with E-state index >= 15 is 0 Å². The summed E-state index contributed by atoms with van der Waals surface area (Å²) in [6.45, 7) is 0. The van der Waals surface area contributed by atoms with Crippen molar-refractivity contribution >= 4 is 94.3 Å². The van der Waals surface area contributed by atoms with E-state index in [-0.39, 0.29) is 5.92 Å². The highest BCUT2D eigenvalue weighted by atomic mass is 32.1. The third kappa shape index (κ3) is 4.76. The number of anilines is 3. The molecule has 1 atom stereocenters. The lowest BCUT2D eigenvalue weighted by Crippen LogP contribution is -2.12. The van der Waals surface area contributed by atoms with Crippen LogP contribution in [0, 0.1) is 0 Å². The first-order valence-corrected chi connectivity index (χ1v) is 20.4. The molecule has 1 unspecified atom stereocenters. The number of para-hydroxylation sites is 3. The number of fused-ring (bicyclic) bond motifs is 10. The van der Waals surface area contributed by atoms with Gasteiger partial charge in [0.15, 0.2) is 5.58 Å². The normalized spacial score (nSPS) is 15.0. The molecule has 0 N–H and O–H groups in total. The molecule has 4 heteroatoms. The molecule has 2 aliphatic rings. The lowest BCUT2D eigenvalue weighted by Gasteiger charge is -2.28. The molecule has 3 aromatic heterocycles. The molecule has 0 saturated heterocycles. The molecule has 0 amide bonds. The average Bonchev–Trinajstić information content (AvgIpc) is 3.93. The van der Waals surface area contributed by atoms with Gasteiger partial charge in [-0.2, -0.15) is 0 Å². The van der Waals surface area contributed by atoms with Crippen molar-refractivity contribution in [2.45, 2.75) is 25.2 Å². The molecule has 3 nitrogen and oxygen atoms in total. The van der Waals surface area contributed by atoms with E-state index in [0.717, 1.165) is 58.3 Å². The Hall–Kier alpha value is -6.62. The average molecular weight is 737 g/mol. The van der Waals surface area contributed by atoms with Gasteiger partial charge in [-0.3, -0.25) is 0 Å². The number of allylic oxidation sites excluding steroid dienone is 2. The lowest BCUT2D eigenvalue weighted by atomic mass is 9.85. The maximum Gasteiger partial charge on any atom is 0.159 e. The van der Waals surface area contributed by atoms with Gasteiger partial charge in [0.25, 0.3) is 0 Å². The van der Waals surface area contributed by atoms with Crippen LogP contribution in [0.15, 0.2) is 168 Å². The van der Waals surface area contributed by atoms with Crippen LogP contribution in [0.3, 0.4) is 0 Å². The van der Waals surface area contributed by atoms with Crippen LogP contribution in [0.25, 0.3) is 71.5 Å². The molecular formula is C52H36N2OS. The highest BCUT2D eigenvalue weighted by Crippen LogP contribution is 2.48. The molecule has 266 valence electrons. The number of thiophene rings is 1. The second-order valence-corrected chi connectivity index (χ2v) is 16.2. The van der Waals surface area contributed by atoms with Gasteiger partial charge in [-0.25, -0.2) is 0 Å². The first-order chi connectivity index (χ1) is 27.8. The Morgan fingerprint density at radius 3 is 2.32 bits per heavy atom. The molecule has 0 saturated carbocycles. The molecule has 10 aromatic rings. The number of aromatic nitrogens is 1. The maximum absolute atomic E-state index is 6.78. The first-order valence-electron chi connectivity index (χ1n) is 19.6. The summed E-state index contributed by atoms with van der Waals surface area (Å²) in [4.78, 5) is 3.91. The largest absolute Gasteiger partial charge is 0.454 e. The highest BCUT2D eigenvalue weighted by molar-refractivity contribution is 7.19. The predicted molar refractivity (Wildman–Crippen MR) is 237 cm³/mol. The summed E-state index contributed by atoms with van der Waals surface area (Å²) < 4.78 is 10.6. The predicted octanol–water partition coefficient (Wildman–Crippen LogP) is 14.7. The van der Waals surface area contributed by atoms with E-state index < -0.39 is 0 Å². The molecule has 12 rings (SSSR count). The molecular weight excluding hydrogens is 701 g/mol. The number of hydrogen-bond donors (Lipinski definition) is 0. The smallest absolute Gasteiger partial charge is 0.159 e. The van der Waals surface area contributed by atoms with Crippen LogP contribution in [-0.2, 0) is 12.8 Å². The van der Waals surface area contributed by atoms with E-state index in [4.69, 9.17) is 4.42 Å². The minimum absolute atomic E-state index is 0.284. The van der Waals surface area contributed by atoms with Gasteiger partial charge in [-0.05, 0) is 101 Å². The SMILES string of the molecule is C1=Cc2c(c3ccc(N(c4ccc(C5C=Cc6c(sc7ccccc67)C5)c5ccccc45)c4cccc5c4oc4ccccc45)cc3n2-c2ccccc2)CC1. The van der Waals surface area contributed by atoms with Crippen molar-refractivity contribution in [3.05, 3.63) is 191 Å². The van der Waals surface area contributed by atoms with Crippen LogP contribution in [0.2, 0.25) is 0 Å². The Bertz CT molecular complexity index is 3250. The Morgan fingerprint density at radius 1 is 0.625 bits per heavy atom. The zero-order chi connectivity index (χ0) is 36.7. The molecule has 2 aliphatic carbocycles. The monoisotopic (exact) mass is 736 g/mol. The second-order valence-electron chi connectivity index (χ2n) is 15.1. The quantitative estimate of drug-likeness (QED) is 0.175. The number of nitrogens with zero attached hydrogens (tertiary/aromatic N) is 2. The fourth-order valence-electron chi connectivity index (χ4n) is 9.50. The lowest BCUT2D eigenvalue weighted by molar-refractivity contribution is 0.669.